The van der Waals surface area contributed by atoms with Gasteiger partial charge < -0.3 is 11.1 Å². The minimum atomic E-state index is 0.146. The molecule has 0 aliphatic carbocycles. The molecule has 0 aliphatic heterocycles. The van der Waals surface area contributed by atoms with Gasteiger partial charge in [0.05, 0.1) is 6.04 Å². The molecule has 3 N–H and O–H groups in total. The molecular weight excluding hydrogens is 230 g/mol. The molecule has 1 atom stereocenters. The van der Waals surface area contributed by atoms with Gasteiger partial charge in [-0.25, -0.2) is 4.98 Å². The Bertz CT molecular complexity index is 479. The van der Waals surface area contributed by atoms with Gasteiger partial charge >= 0.3 is 0 Å². The van der Waals surface area contributed by atoms with Crippen LogP contribution in [0.1, 0.15) is 29.0 Å². The molecule has 2 heterocycles. The number of aromatic nitrogens is 1. The molecule has 0 bridgehead atoms. The van der Waals surface area contributed by atoms with Gasteiger partial charge in [-0.3, -0.25) is 0 Å². The zero-order valence-corrected chi connectivity index (χ0v) is 10.9. The van der Waals surface area contributed by atoms with Crippen molar-refractivity contribution in [2.24, 2.45) is 0 Å². The molecule has 0 radical (unpaired) electrons. The molecule has 90 valence electrons. The largest absolute Gasteiger partial charge is 0.383 e. The van der Waals surface area contributed by atoms with Crippen LogP contribution < -0.4 is 11.1 Å². The summed E-state index contributed by atoms with van der Waals surface area (Å²) in [6, 6.07) is 6.44. The smallest absolute Gasteiger partial charge is 0.128 e. The van der Waals surface area contributed by atoms with Crippen LogP contribution in [0.3, 0.4) is 0 Å². The van der Waals surface area contributed by atoms with Crippen molar-refractivity contribution in [3.05, 3.63) is 45.8 Å². The summed E-state index contributed by atoms with van der Waals surface area (Å²) >= 11 is 1.73. The third-order valence-corrected chi connectivity index (χ3v) is 3.57. The highest BCUT2D eigenvalue weighted by atomic mass is 32.1. The second-order valence-electron chi connectivity index (χ2n) is 3.99. The minimum Gasteiger partial charge on any atom is -0.383 e. The molecule has 3 nitrogen and oxygen atoms in total. The maximum Gasteiger partial charge on any atom is 0.128 e. The first-order chi connectivity index (χ1) is 8.22. The van der Waals surface area contributed by atoms with Crippen LogP contribution in [0.15, 0.2) is 29.8 Å². The molecule has 17 heavy (non-hydrogen) atoms. The van der Waals surface area contributed by atoms with Gasteiger partial charge in [-0.05, 0) is 36.5 Å². The monoisotopic (exact) mass is 247 g/mol. The van der Waals surface area contributed by atoms with Gasteiger partial charge in [-0.2, -0.15) is 0 Å². The zero-order chi connectivity index (χ0) is 12.3. The number of anilines is 1. The number of nitrogen functional groups attached to an aromatic ring is 1. The van der Waals surface area contributed by atoms with Crippen molar-refractivity contribution in [1.29, 1.82) is 0 Å². The number of nitrogens with zero attached hydrogens (tertiary/aromatic N) is 1. The maximum absolute atomic E-state index is 5.98. The first-order valence-corrected chi connectivity index (χ1v) is 6.59. The second kappa shape index (κ2) is 5.29. The van der Waals surface area contributed by atoms with Gasteiger partial charge in [0, 0.05) is 16.6 Å². The van der Waals surface area contributed by atoms with E-state index in [2.05, 4.69) is 40.8 Å². The molecule has 2 aromatic rings. The molecule has 0 saturated carbocycles. The van der Waals surface area contributed by atoms with Crippen LogP contribution in [-0.4, -0.2) is 11.5 Å². The molecule has 1 unspecified atom stereocenters. The average molecular weight is 247 g/mol. The van der Waals surface area contributed by atoms with E-state index in [-0.39, 0.29) is 6.04 Å². The highest BCUT2D eigenvalue weighted by Gasteiger charge is 2.17. The number of rotatable bonds is 4. The lowest BCUT2D eigenvalue weighted by atomic mass is 10.0. The molecule has 2 rings (SSSR count). The summed E-state index contributed by atoms with van der Waals surface area (Å²) < 4.78 is 0. The third kappa shape index (κ3) is 2.65. The van der Waals surface area contributed by atoms with Crippen LogP contribution in [0.2, 0.25) is 0 Å². The number of hydrogen-bond acceptors (Lipinski definition) is 4. The normalized spacial score (nSPS) is 12.6. The van der Waals surface area contributed by atoms with E-state index < -0.39 is 0 Å². The van der Waals surface area contributed by atoms with Crippen LogP contribution >= 0.6 is 11.3 Å². The van der Waals surface area contributed by atoms with Gasteiger partial charge in [0.1, 0.15) is 5.82 Å². The molecule has 0 saturated heterocycles. The van der Waals surface area contributed by atoms with E-state index in [0.29, 0.717) is 5.82 Å². The van der Waals surface area contributed by atoms with Gasteiger partial charge in [-0.1, -0.05) is 13.0 Å². The fourth-order valence-electron chi connectivity index (χ4n) is 1.86. The summed E-state index contributed by atoms with van der Waals surface area (Å²) in [6.07, 6.45) is 1.80. The second-order valence-corrected chi connectivity index (χ2v) is 4.97. The van der Waals surface area contributed by atoms with Crippen LogP contribution in [0.4, 0.5) is 5.82 Å². The average Bonchev–Trinajstić information content (AvgIpc) is 2.83. The molecular formula is C13H17N3S. The van der Waals surface area contributed by atoms with Crippen LogP contribution in [-0.2, 0) is 0 Å². The Morgan fingerprint density at radius 3 is 3.00 bits per heavy atom. The quantitative estimate of drug-likeness (QED) is 0.873. The standard InChI is InChI=1S/C13H17N3S/c1-3-15-12(11-5-4-6-17-11)10-7-9(2)8-16-13(10)14/h4-8,12,15H,3H2,1-2H3,(H2,14,16). The van der Waals surface area contributed by atoms with Crippen molar-refractivity contribution in [2.75, 3.05) is 12.3 Å². The van der Waals surface area contributed by atoms with Crippen molar-refractivity contribution in [3.8, 4) is 0 Å². The van der Waals surface area contributed by atoms with Crippen molar-refractivity contribution in [1.82, 2.24) is 10.3 Å². The van der Waals surface area contributed by atoms with Gasteiger partial charge in [0.2, 0.25) is 0 Å². The van der Waals surface area contributed by atoms with Gasteiger partial charge in [-0.15, -0.1) is 11.3 Å². The van der Waals surface area contributed by atoms with E-state index >= 15 is 0 Å². The predicted molar refractivity (Wildman–Crippen MR) is 73.2 cm³/mol. The number of aryl methyl sites for hydroxylation is 1. The van der Waals surface area contributed by atoms with Crippen molar-refractivity contribution in [2.45, 2.75) is 19.9 Å². The molecule has 0 aromatic carbocycles. The summed E-state index contributed by atoms with van der Waals surface area (Å²) in [6.45, 7) is 5.03. The van der Waals surface area contributed by atoms with E-state index in [0.717, 1.165) is 17.7 Å². The van der Waals surface area contributed by atoms with E-state index in [4.69, 9.17) is 5.73 Å². The summed E-state index contributed by atoms with van der Waals surface area (Å²) in [4.78, 5) is 5.50. The fraction of sp³-hybridized carbons (Fsp3) is 0.308. The Morgan fingerprint density at radius 2 is 2.35 bits per heavy atom. The Morgan fingerprint density at radius 1 is 1.53 bits per heavy atom. The Hall–Kier alpha value is -1.39. The predicted octanol–water partition coefficient (Wildman–Crippen LogP) is 2.73. The molecule has 4 heteroatoms. The molecule has 0 spiro atoms. The highest BCUT2D eigenvalue weighted by Crippen LogP contribution is 2.29. The van der Waals surface area contributed by atoms with Crippen molar-refractivity contribution < 1.29 is 0 Å². The minimum absolute atomic E-state index is 0.146. The molecule has 0 fully saturated rings. The molecule has 0 aliphatic rings. The topological polar surface area (TPSA) is 50.9 Å². The van der Waals surface area contributed by atoms with Gasteiger partial charge in [0.25, 0.3) is 0 Å². The first kappa shape index (κ1) is 12.1. The number of thiophene rings is 1. The van der Waals surface area contributed by atoms with Crippen molar-refractivity contribution >= 4 is 17.2 Å². The maximum atomic E-state index is 5.98. The van der Waals surface area contributed by atoms with E-state index in [1.807, 2.05) is 6.92 Å². The SMILES string of the molecule is CCNC(c1cccs1)c1cc(C)cnc1N. The van der Waals surface area contributed by atoms with Crippen LogP contribution in [0, 0.1) is 6.92 Å². The third-order valence-electron chi connectivity index (χ3n) is 2.63. The zero-order valence-electron chi connectivity index (χ0n) is 10.1. The summed E-state index contributed by atoms with van der Waals surface area (Å²) in [5.74, 6) is 0.606. The molecule has 2 aromatic heterocycles. The molecule has 0 amide bonds. The highest BCUT2D eigenvalue weighted by molar-refractivity contribution is 7.10. The van der Waals surface area contributed by atoms with Crippen molar-refractivity contribution in [3.63, 3.8) is 0 Å². The summed E-state index contributed by atoms with van der Waals surface area (Å²) in [5, 5.41) is 5.54. The number of nitrogens with one attached hydrogen (secondary N) is 1. The lowest BCUT2D eigenvalue weighted by Crippen LogP contribution is -2.22. The summed E-state index contributed by atoms with van der Waals surface area (Å²) in [7, 11) is 0. The lowest BCUT2D eigenvalue weighted by Gasteiger charge is -2.18. The number of hydrogen-bond donors (Lipinski definition) is 2. The number of nitrogens with two attached hydrogens (primary N) is 1. The Kier molecular flexibility index (Phi) is 3.76. The lowest BCUT2D eigenvalue weighted by molar-refractivity contribution is 0.639. The van der Waals surface area contributed by atoms with Gasteiger partial charge in [0.15, 0.2) is 0 Å². The van der Waals surface area contributed by atoms with Crippen LogP contribution in [0.25, 0.3) is 0 Å². The Balaban J connectivity index is 2.42. The summed E-state index contributed by atoms with van der Waals surface area (Å²) in [5.41, 5.74) is 8.18. The number of pyridine rings is 1. The van der Waals surface area contributed by atoms with E-state index in [1.165, 1.54) is 4.88 Å². The van der Waals surface area contributed by atoms with E-state index in [9.17, 15) is 0 Å². The van der Waals surface area contributed by atoms with Crippen LogP contribution in [0.5, 0.6) is 0 Å². The first-order valence-electron chi connectivity index (χ1n) is 5.71. The fourth-order valence-corrected chi connectivity index (χ4v) is 2.67. The van der Waals surface area contributed by atoms with E-state index in [1.54, 1.807) is 17.5 Å². The Labute approximate surface area is 106 Å².